The molecule has 0 aromatic rings. The summed E-state index contributed by atoms with van der Waals surface area (Å²) in [4.78, 5) is 12.1. The summed E-state index contributed by atoms with van der Waals surface area (Å²) >= 11 is 0. The molecule has 4 heteroatoms. The quantitative estimate of drug-likeness (QED) is 0.687. The Kier molecular flexibility index (Phi) is 6.27. The summed E-state index contributed by atoms with van der Waals surface area (Å²) in [5.74, 6) is 1.00. The van der Waals surface area contributed by atoms with Crippen LogP contribution in [0.2, 0.25) is 0 Å². The number of hydrogen-bond acceptors (Lipinski definition) is 3. The Hall–Kier alpha value is -0.610. The standard InChI is InChI=1S/C15H30N2O2/c1-11(2)8-13(9-16)14(18)17-10-15(19)6-4-12(3)5-7-15/h11-13,19H,4-10,16H2,1-3H3,(H,17,18). The normalized spacial score (nSPS) is 29.3. The van der Waals surface area contributed by atoms with Crippen molar-refractivity contribution < 1.29 is 9.90 Å². The van der Waals surface area contributed by atoms with Gasteiger partial charge in [0, 0.05) is 13.1 Å². The van der Waals surface area contributed by atoms with E-state index in [0.717, 1.165) is 32.1 Å². The lowest BCUT2D eigenvalue weighted by atomic mass is 9.79. The van der Waals surface area contributed by atoms with E-state index >= 15 is 0 Å². The minimum absolute atomic E-state index is 0.0109. The number of aliphatic hydroxyl groups is 1. The van der Waals surface area contributed by atoms with Crippen LogP contribution in [0.4, 0.5) is 0 Å². The molecule has 4 nitrogen and oxygen atoms in total. The van der Waals surface area contributed by atoms with Gasteiger partial charge in [-0.05, 0) is 43.9 Å². The molecule has 4 N–H and O–H groups in total. The molecule has 0 spiro atoms. The second-order valence-corrected chi connectivity index (χ2v) is 6.69. The Morgan fingerprint density at radius 2 is 2.00 bits per heavy atom. The summed E-state index contributed by atoms with van der Waals surface area (Å²) in [5, 5.41) is 13.3. The third-order valence-corrected chi connectivity index (χ3v) is 4.21. The molecule has 0 heterocycles. The molecule has 1 aliphatic carbocycles. The van der Waals surface area contributed by atoms with E-state index in [1.54, 1.807) is 0 Å². The van der Waals surface area contributed by atoms with Gasteiger partial charge in [-0.25, -0.2) is 0 Å². The molecule has 1 saturated carbocycles. The molecule has 1 unspecified atom stereocenters. The molecule has 0 bridgehead atoms. The van der Waals surface area contributed by atoms with Crippen LogP contribution in [0.3, 0.4) is 0 Å². The van der Waals surface area contributed by atoms with Crippen molar-refractivity contribution in [2.24, 2.45) is 23.5 Å². The molecule has 0 radical (unpaired) electrons. The van der Waals surface area contributed by atoms with E-state index < -0.39 is 5.60 Å². The van der Waals surface area contributed by atoms with E-state index in [4.69, 9.17) is 5.73 Å². The molecule has 112 valence electrons. The lowest BCUT2D eigenvalue weighted by molar-refractivity contribution is -0.127. The molecular weight excluding hydrogens is 240 g/mol. The molecule has 1 rings (SSSR count). The third kappa shape index (κ3) is 5.49. The Morgan fingerprint density at radius 3 is 2.47 bits per heavy atom. The summed E-state index contributed by atoms with van der Waals surface area (Å²) in [6.45, 7) is 7.13. The largest absolute Gasteiger partial charge is 0.388 e. The predicted octanol–water partition coefficient (Wildman–Crippen LogP) is 1.66. The van der Waals surface area contributed by atoms with E-state index in [0.29, 0.717) is 24.9 Å². The van der Waals surface area contributed by atoms with Gasteiger partial charge in [0.25, 0.3) is 0 Å². The average molecular weight is 270 g/mol. The summed E-state index contributed by atoms with van der Waals surface area (Å²) in [6, 6.07) is 0. The molecule has 0 saturated heterocycles. The SMILES string of the molecule is CC(C)CC(CN)C(=O)NCC1(O)CCC(C)CC1. The van der Waals surface area contributed by atoms with Crippen LogP contribution >= 0.6 is 0 Å². The van der Waals surface area contributed by atoms with Gasteiger partial charge in [0.2, 0.25) is 5.91 Å². The molecule has 1 aliphatic rings. The van der Waals surface area contributed by atoms with Gasteiger partial charge in [-0.15, -0.1) is 0 Å². The zero-order valence-corrected chi connectivity index (χ0v) is 12.6. The van der Waals surface area contributed by atoms with Gasteiger partial charge in [-0.2, -0.15) is 0 Å². The maximum Gasteiger partial charge on any atom is 0.224 e. The second-order valence-electron chi connectivity index (χ2n) is 6.69. The maximum absolute atomic E-state index is 12.1. The van der Waals surface area contributed by atoms with Crippen molar-refractivity contribution in [3.63, 3.8) is 0 Å². The zero-order chi connectivity index (χ0) is 14.5. The molecule has 1 atom stereocenters. The fraction of sp³-hybridized carbons (Fsp3) is 0.933. The van der Waals surface area contributed by atoms with Crippen LogP contribution in [-0.4, -0.2) is 29.7 Å². The van der Waals surface area contributed by atoms with E-state index in [1.807, 2.05) is 0 Å². The first kappa shape index (κ1) is 16.4. The molecule has 1 fully saturated rings. The lowest BCUT2D eigenvalue weighted by Gasteiger charge is -2.35. The fourth-order valence-corrected chi connectivity index (χ4v) is 2.75. The first-order chi connectivity index (χ1) is 8.86. The van der Waals surface area contributed by atoms with Gasteiger partial charge in [0.05, 0.1) is 11.5 Å². The monoisotopic (exact) mass is 270 g/mol. The van der Waals surface area contributed by atoms with Crippen molar-refractivity contribution in [3.8, 4) is 0 Å². The van der Waals surface area contributed by atoms with E-state index in [9.17, 15) is 9.90 Å². The van der Waals surface area contributed by atoms with E-state index in [2.05, 4.69) is 26.1 Å². The van der Waals surface area contributed by atoms with Crippen LogP contribution in [0.1, 0.15) is 52.9 Å². The molecule has 1 amide bonds. The summed E-state index contributed by atoms with van der Waals surface area (Å²) < 4.78 is 0. The molecule has 0 aromatic heterocycles. The Balaban J connectivity index is 2.40. The number of hydrogen-bond donors (Lipinski definition) is 3. The highest BCUT2D eigenvalue weighted by Gasteiger charge is 2.32. The van der Waals surface area contributed by atoms with E-state index in [-0.39, 0.29) is 11.8 Å². The van der Waals surface area contributed by atoms with Gasteiger partial charge >= 0.3 is 0 Å². The van der Waals surface area contributed by atoms with Crippen LogP contribution < -0.4 is 11.1 Å². The van der Waals surface area contributed by atoms with Crippen LogP contribution in [0.5, 0.6) is 0 Å². The van der Waals surface area contributed by atoms with Crippen LogP contribution in [-0.2, 0) is 4.79 Å². The number of nitrogens with two attached hydrogens (primary N) is 1. The topological polar surface area (TPSA) is 75.4 Å². The molecule has 19 heavy (non-hydrogen) atoms. The molecule has 0 aliphatic heterocycles. The van der Waals surface area contributed by atoms with Crippen molar-refractivity contribution in [3.05, 3.63) is 0 Å². The maximum atomic E-state index is 12.1. The number of carbonyl (C=O) groups is 1. The minimum atomic E-state index is -0.709. The lowest BCUT2D eigenvalue weighted by Crippen LogP contribution is -2.47. The highest BCUT2D eigenvalue weighted by atomic mass is 16.3. The highest BCUT2D eigenvalue weighted by Crippen LogP contribution is 2.31. The smallest absolute Gasteiger partial charge is 0.224 e. The number of nitrogens with one attached hydrogen (secondary N) is 1. The summed E-state index contributed by atoms with van der Waals surface area (Å²) in [5.41, 5.74) is 4.95. The third-order valence-electron chi connectivity index (χ3n) is 4.21. The second kappa shape index (κ2) is 7.25. The van der Waals surface area contributed by atoms with Crippen molar-refractivity contribution in [2.45, 2.75) is 58.5 Å². The highest BCUT2D eigenvalue weighted by molar-refractivity contribution is 5.78. The van der Waals surface area contributed by atoms with Crippen LogP contribution in [0.15, 0.2) is 0 Å². The van der Waals surface area contributed by atoms with Crippen molar-refractivity contribution >= 4 is 5.91 Å². The molecular formula is C15H30N2O2. The fourth-order valence-electron chi connectivity index (χ4n) is 2.75. The van der Waals surface area contributed by atoms with Crippen LogP contribution in [0, 0.1) is 17.8 Å². The predicted molar refractivity (Wildman–Crippen MR) is 77.6 cm³/mol. The van der Waals surface area contributed by atoms with Crippen molar-refractivity contribution in [2.75, 3.05) is 13.1 Å². The Labute approximate surface area is 117 Å². The zero-order valence-electron chi connectivity index (χ0n) is 12.6. The van der Waals surface area contributed by atoms with E-state index in [1.165, 1.54) is 0 Å². The first-order valence-electron chi connectivity index (χ1n) is 7.56. The summed E-state index contributed by atoms with van der Waals surface area (Å²) in [6.07, 6.45) is 4.45. The number of rotatable bonds is 6. The first-order valence-corrected chi connectivity index (χ1v) is 7.56. The number of carbonyl (C=O) groups excluding carboxylic acids is 1. The Bertz CT molecular complexity index is 284. The summed E-state index contributed by atoms with van der Waals surface area (Å²) in [7, 11) is 0. The Morgan fingerprint density at radius 1 is 1.42 bits per heavy atom. The van der Waals surface area contributed by atoms with Gasteiger partial charge in [0.15, 0.2) is 0 Å². The van der Waals surface area contributed by atoms with Crippen molar-refractivity contribution in [1.82, 2.24) is 5.32 Å². The molecule has 0 aromatic carbocycles. The van der Waals surface area contributed by atoms with Crippen LogP contribution in [0.25, 0.3) is 0 Å². The van der Waals surface area contributed by atoms with Gasteiger partial charge in [-0.3, -0.25) is 4.79 Å². The van der Waals surface area contributed by atoms with Gasteiger partial charge in [0.1, 0.15) is 0 Å². The number of amides is 1. The van der Waals surface area contributed by atoms with Gasteiger partial charge in [-0.1, -0.05) is 20.8 Å². The average Bonchev–Trinajstić information content (AvgIpc) is 2.37. The minimum Gasteiger partial charge on any atom is -0.388 e. The van der Waals surface area contributed by atoms with Gasteiger partial charge < -0.3 is 16.2 Å². The van der Waals surface area contributed by atoms with Crippen molar-refractivity contribution in [1.29, 1.82) is 0 Å².